The molecule has 0 aromatic heterocycles. The Balaban J connectivity index is 1.64. The number of ether oxygens (including phenoxy) is 2. The smallest absolute Gasteiger partial charge is 0.323 e. The molecule has 1 aromatic rings. The number of aliphatic hydroxyl groups excluding tert-OH is 1. The largest absolute Gasteiger partial charge is 0.504 e. The number of piperidine rings is 1. The minimum Gasteiger partial charge on any atom is -0.504 e. The molecule has 4 N–H and O–H groups in total. The van der Waals surface area contributed by atoms with Crippen molar-refractivity contribution in [2.24, 2.45) is 5.92 Å². The molecule has 0 amide bonds. The summed E-state index contributed by atoms with van der Waals surface area (Å²) in [5, 5.41) is 33.5. The van der Waals surface area contributed by atoms with Gasteiger partial charge in [-0.2, -0.15) is 0 Å². The van der Waals surface area contributed by atoms with Crippen LogP contribution in [0.4, 0.5) is 0 Å². The van der Waals surface area contributed by atoms with Crippen LogP contribution >= 0.6 is 0 Å². The van der Waals surface area contributed by atoms with Crippen LogP contribution < -0.4 is 14.8 Å². The summed E-state index contributed by atoms with van der Waals surface area (Å²) < 4.78 is 12.1. The first-order valence-electron chi connectivity index (χ1n) is 10.8. The van der Waals surface area contributed by atoms with Crippen molar-refractivity contribution in [2.75, 3.05) is 20.7 Å². The molecular weight excluding hydrogens is 388 g/mol. The normalized spacial score (nSPS) is 35.9. The monoisotopic (exact) mass is 418 g/mol. The molecule has 5 rings (SSSR count). The second-order valence-electron chi connectivity index (χ2n) is 9.38. The van der Waals surface area contributed by atoms with E-state index < -0.39 is 18.1 Å². The second-order valence-corrected chi connectivity index (χ2v) is 9.38. The first kappa shape index (κ1) is 19.9. The lowest BCUT2D eigenvalue weighted by Crippen LogP contribution is -2.69. The summed E-state index contributed by atoms with van der Waals surface area (Å²) in [5.41, 5.74) is 1.88. The van der Waals surface area contributed by atoms with E-state index in [4.69, 9.17) is 9.47 Å². The molecule has 4 aliphatic rings. The fourth-order valence-corrected chi connectivity index (χ4v) is 6.79. The van der Waals surface area contributed by atoms with Gasteiger partial charge in [0.05, 0.1) is 13.2 Å². The predicted molar refractivity (Wildman–Crippen MR) is 108 cm³/mol. The van der Waals surface area contributed by atoms with Gasteiger partial charge >= 0.3 is 5.97 Å². The van der Waals surface area contributed by atoms with Crippen molar-refractivity contribution in [1.82, 2.24) is 10.2 Å². The summed E-state index contributed by atoms with van der Waals surface area (Å²) in [5.74, 6) is 0.594. The number of nitrogens with one attached hydrogen (secondary N) is 1. The molecule has 8 heteroatoms. The summed E-state index contributed by atoms with van der Waals surface area (Å²) in [7, 11) is 3.79. The molecule has 1 saturated heterocycles. The Bertz CT molecular complexity index is 889. The molecule has 1 aromatic carbocycles. The maximum absolute atomic E-state index is 11.7. The number of carbonyl (C=O) groups is 1. The number of likely N-dealkylation sites (N-methyl/N-ethyl adjacent to an activating group) is 1. The van der Waals surface area contributed by atoms with E-state index in [2.05, 4.69) is 17.3 Å². The van der Waals surface area contributed by atoms with Crippen molar-refractivity contribution in [3.05, 3.63) is 17.2 Å². The van der Waals surface area contributed by atoms with Crippen molar-refractivity contribution in [3.63, 3.8) is 0 Å². The zero-order valence-corrected chi connectivity index (χ0v) is 17.6. The highest BCUT2D eigenvalue weighted by molar-refractivity contribution is 5.74. The van der Waals surface area contributed by atoms with E-state index in [1.807, 2.05) is 0 Å². The van der Waals surface area contributed by atoms with Gasteiger partial charge in [-0.25, -0.2) is 0 Å². The molecule has 30 heavy (non-hydrogen) atoms. The number of carboxylic acid groups (broad SMARTS) is 1. The number of hydrogen-bond acceptors (Lipinski definition) is 7. The molecule has 8 nitrogen and oxygen atoms in total. The highest BCUT2D eigenvalue weighted by Gasteiger charge is 2.66. The first-order chi connectivity index (χ1) is 14.3. The van der Waals surface area contributed by atoms with Gasteiger partial charge in [-0.15, -0.1) is 0 Å². The molecule has 1 saturated carbocycles. The van der Waals surface area contributed by atoms with Gasteiger partial charge in [0, 0.05) is 34.7 Å². The van der Waals surface area contributed by atoms with Crippen molar-refractivity contribution in [1.29, 1.82) is 0 Å². The van der Waals surface area contributed by atoms with E-state index in [1.54, 1.807) is 13.2 Å². The third kappa shape index (κ3) is 2.47. The summed E-state index contributed by atoms with van der Waals surface area (Å²) in [6, 6.07) is 0.694. The number of hydrogen-bond donors (Lipinski definition) is 4. The minimum atomic E-state index is -1.07. The van der Waals surface area contributed by atoms with Crippen LogP contribution in [-0.2, 0) is 16.6 Å². The van der Waals surface area contributed by atoms with Gasteiger partial charge in [0.15, 0.2) is 11.5 Å². The number of nitrogens with zero attached hydrogens (tertiary/aromatic N) is 1. The molecular formula is C22H30N2O6. The van der Waals surface area contributed by atoms with Gasteiger partial charge < -0.3 is 29.7 Å². The van der Waals surface area contributed by atoms with Crippen LogP contribution in [0.3, 0.4) is 0 Å². The van der Waals surface area contributed by atoms with Crippen molar-refractivity contribution >= 4 is 5.97 Å². The molecule has 1 spiro atoms. The molecule has 2 heterocycles. The quantitative estimate of drug-likeness (QED) is 0.557. The summed E-state index contributed by atoms with van der Waals surface area (Å²) in [6.07, 6.45) is 2.12. The summed E-state index contributed by atoms with van der Waals surface area (Å²) in [4.78, 5) is 14.1. The molecule has 7 atom stereocenters. The first-order valence-corrected chi connectivity index (χ1v) is 10.8. The lowest BCUT2D eigenvalue weighted by Gasteiger charge is -2.59. The lowest BCUT2D eigenvalue weighted by molar-refractivity contribution is -0.143. The van der Waals surface area contributed by atoms with Crippen LogP contribution in [0.5, 0.6) is 17.2 Å². The number of carboxylic acids is 1. The Kier molecular flexibility index (Phi) is 4.47. The minimum absolute atomic E-state index is 0.0783. The van der Waals surface area contributed by atoms with Gasteiger partial charge in [0.2, 0.25) is 0 Å². The lowest BCUT2D eigenvalue weighted by atomic mass is 9.51. The van der Waals surface area contributed by atoms with Crippen LogP contribution in [0.1, 0.15) is 37.3 Å². The van der Waals surface area contributed by atoms with Crippen molar-refractivity contribution in [2.45, 2.75) is 68.4 Å². The molecule has 2 fully saturated rings. The number of aliphatic hydroxyl groups is 1. The van der Waals surface area contributed by atoms with E-state index >= 15 is 0 Å². The van der Waals surface area contributed by atoms with Crippen molar-refractivity contribution < 1.29 is 29.6 Å². The summed E-state index contributed by atoms with van der Waals surface area (Å²) >= 11 is 0. The van der Waals surface area contributed by atoms with Crippen LogP contribution in [0, 0.1) is 5.92 Å². The Labute approximate surface area is 175 Å². The van der Waals surface area contributed by atoms with Crippen LogP contribution in [0.25, 0.3) is 0 Å². The fourth-order valence-electron chi connectivity index (χ4n) is 6.79. The van der Waals surface area contributed by atoms with Gasteiger partial charge in [-0.3, -0.25) is 10.1 Å². The van der Waals surface area contributed by atoms with Gasteiger partial charge in [-0.05, 0) is 52.1 Å². The number of methoxy groups -OCH3 is 1. The molecule has 164 valence electrons. The summed E-state index contributed by atoms with van der Waals surface area (Å²) in [6.45, 7) is 2.41. The second kappa shape index (κ2) is 6.73. The number of aliphatic carboxylic acids is 1. The SMILES string of the molecule is COc1cc(O)c2c3c1C[C@@H]1[C@@H]4CC[C@H](N[C@H](C(=O)O)[C@@H](C)O)[C@H](O2)[C@]34CCN1C. The van der Waals surface area contributed by atoms with Crippen LogP contribution in [0.2, 0.25) is 0 Å². The van der Waals surface area contributed by atoms with E-state index in [0.717, 1.165) is 43.4 Å². The number of benzene rings is 1. The Morgan fingerprint density at radius 3 is 2.87 bits per heavy atom. The van der Waals surface area contributed by atoms with Crippen LogP contribution in [0.15, 0.2) is 6.07 Å². The number of likely N-dealkylation sites (tertiary alicyclic amines) is 1. The number of aromatic hydroxyl groups is 1. The zero-order chi connectivity index (χ0) is 21.4. The van der Waals surface area contributed by atoms with Gasteiger partial charge in [0.1, 0.15) is 17.9 Å². The standard InChI is InChI=1S/C22H30N2O6/c1-10(25)18(21(27)28)23-13-5-4-12-14-8-11-16(29-3)9-15(26)19-17(11)22(12,20(13)30-19)6-7-24(14)2/h9-10,12-14,18,20,23,25-26H,4-8H2,1-3H3,(H,27,28)/t10-,12+,13+,14-,18+,20+,22+/m1/s1. The third-order valence-electron chi connectivity index (χ3n) is 8.04. The predicted octanol–water partition coefficient (Wildman–Crippen LogP) is 0.862. The molecule has 2 aliphatic carbocycles. The fraction of sp³-hybridized carbons (Fsp3) is 0.682. The maximum Gasteiger partial charge on any atom is 0.323 e. The number of rotatable bonds is 5. The average molecular weight is 418 g/mol. The van der Waals surface area contributed by atoms with E-state index in [1.165, 1.54) is 6.92 Å². The number of phenols is 1. The highest BCUT2D eigenvalue weighted by atomic mass is 16.5. The van der Waals surface area contributed by atoms with Crippen LogP contribution in [-0.4, -0.2) is 77.2 Å². The van der Waals surface area contributed by atoms with Crippen molar-refractivity contribution in [3.8, 4) is 17.2 Å². The molecule has 2 bridgehead atoms. The Hall–Kier alpha value is -2.03. The van der Waals surface area contributed by atoms with Gasteiger partial charge in [-0.1, -0.05) is 0 Å². The van der Waals surface area contributed by atoms with E-state index in [0.29, 0.717) is 23.5 Å². The molecule has 0 unspecified atom stereocenters. The topological polar surface area (TPSA) is 111 Å². The highest BCUT2D eigenvalue weighted by Crippen LogP contribution is 2.65. The van der Waals surface area contributed by atoms with E-state index in [-0.39, 0.29) is 23.3 Å². The average Bonchev–Trinajstić information content (AvgIpc) is 3.05. The third-order valence-corrected chi connectivity index (χ3v) is 8.04. The zero-order valence-electron chi connectivity index (χ0n) is 17.6. The Morgan fingerprint density at radius 1 is 1.43 bits per heavy atom. The molecule has 0 radical (unpaired) electrons. The Morgan fingerprint density at radius 2 is 2.20 bits per heavy atom. The van der Waals surface area contributed by atoms with Gasteiger partial charge in [0.25, 0.3) is 0 Å². The maximum atomic E-state index is 11.7. The van der Waals surface area contributed by atoms with E-state index in [9.17, 15) is 20.1 Å². The molecule has 2 aliphatic heterocycles. The number of phenolic OH excluding ortho intramolecular Hbond substituents is 1.